The first-order chi connectivity index (χ1) is 7.90. The van der Waals surface area contributed by atoms with Crippen LogP contribution < -0.4 is 5.73 Å². The maximum Gasteiger partial charge on any atom is 0.305 e. The largest absolute Gasteiger partial charge is 0.481 e. The van der Waals surface area contributed by atoms with Crippen molar-refractivity contribution >= 4 is 11.9 Å². The minimum Gasteiger partial charge on any atom is -0.481 e. The van der Waals surface area contributed by atoms with E-state index in [1.807, 2.05) is 0 Å². The van der Waals surface area contributed by atoms with E-state index in [1.165, 1.54) is 4.90 Å². The van der Waals surface area contributed by atoms with Crippen LogP contribution in [0.2, 0.25) is 0 Å². The lowest BCUT2D eigenvalue weighted by atomic mass is 10.2. The van der Waals surface area contributed by atoms with Crippen LogP contribution >= 0.6 is 0 Å². The van der Waals surface area contributed by atoms with Crippen molar-refractivity contribution in [2.24, 2.45) is 12.8 Å². The molecule has 0 aromatic carbocycles. The van der Waals surface area contributed by atoms with Gasteiger partial charge >= 0.3 is 5.97 Å². The summed E-state index contributed by atoms with van der Waals surface area (Å²) in [7, 11) is 3.36. The summed E-state index contributed by atoms with van der Waals surface area (Å²) < 4.78 is 1.63. The van der Waals surface area contributed by atoms with Gasteiger partial charge in [-0.05, 0) is 0 Å². The van der Waals surface area contributed by atoms with Gasteiger partial charge in [0.05, 0.1) is 18.7 Å². The van der Waals surface area contributed by atoms with E-state index < -0.39 is 17.9 Å². The van der Waals surface area contributed by atoms with E-state index >= 15 is 0 Å². The second kappa shape index (κ2) is 5.44. The summed E-state index contributed by atoms with van der Waals surface area (Å²) in [4.78, 5) is 23.5. The molecule has 0 bridgehead atoms. The van der Waals surface area contributed by atoms with Crippen LogP contribution in [0.15, 0.2) is 12.4 Å². The van der Waals surface area contributed by atoms with Crippen LogP contribution in [-0.4, -0.2) is 44.8 Å². The summed E-state index contributed by atoms with van der Waals surface area (Å²) >= 11 is 0. The first-order valence-electron chi connectivity index (χ1n) is 5.10. The van der Waals surface area contributed by atoms with Gasteiger partial charge in [-0.1, -0.05) is 0 Å². The van der Waals surface area contributed by atoms with Crippen LogP contribution in [0.3, 0.4) is 0 Å². The molecule has 0 aliphatic heterocycles. The molecule has 0 saturated heterocycles. The molecule has 0 aliphatic rings. The predicted molar refractivity (Wildman–Crippen MR) is 59.9 cm³/mol. The van der Waals surface area contributed by atoms with E-state index in [1.54, 1.807) is 31.2 Å². The van der Waals surface area contributed by atoms with Crippen molar-refractivity contribution in [2.45, 2.75) is 19.0 Å². The number of carbonyl (C=O) groups is 2. The molecule has 0 fully saturated rings. The maximum atomic E-state index is 11.7. The molecule has 17 heavy (non-hydrogen) atoms. The number of aliphatic carboxylic acids is 1. The Kier molecular flexibility index (Phi) is 4.22. The number of carboxylic acids is 1. The fourth-order valence-electron chi connectivity index (χ4n) is 1.46. The molecule has 0 spiro atoms. The van der Waals surface area contributed by atoms with E-state index in [0.29, 0.717) is 6.54 Å². The van der Waals surface area contributed by atoms with Crippen molar-refractivity contribution < 1.29 is 14.7 Å². The van der Waals surface area contributed by atoms with Crippen molar-refractivity contribution in [3.05, 3.63) is 18.0 Å². The zero-order valence-corrected chi connectivity index (χ0v) is 9.83. The number of aryl methyl sites for hydroxylation is 1. The Balaban J connectivity index is 2.55. The van der Waals surface area contributed by atoms with Crippen LogP contribution in [0.5, 0.6) is 0 Å². The zero-order valence-electron chi connectivity index (χ0n) is 9.83. The Morgan fingerprint density at radius 3 is 2.76 bits per heavy atom. The van der Waals surface area contributed by atoms with Crippen LogP contribution in [0.25, 0.3) is 0 Å². The lowest BCUT2D eigenvalue weighted by Gasteiger charge is -2.19. The summed E-state index contributed by atoms with van der Waals surface area (Å²) in [5.74, 6) is -1.48. The van der Waals surface area contributed by atoms with Crippen molar-refractivity contribution in [1.29, 1.82) is 0 Å². The number of nitrogens with two attached hydrogens (primary N) is 1. The van der Waals surface area contributed by atoms with Gasteiger partial charge in [0, 0.05) is 32.4 Å². The molecule has 1 amide bonds. The minimum atomic E-state index is -1.08. The average molecular weight is 240 g/mol. The van der Waals surface area contributed by atoms with E-state index in [2.05, 4.69) is 5.10 Å². The predicted octanol–water partition coefficient (Wildman–Crippen LogP) is -0.819. The van der Waals surface area contributed by atoms with Gasteiger partial charge in [0.25, 0.3) is 0 Å². The van der Waals surface area contributed by atoms with Crippen LogP contribution in [0.1, 0.15) is 12.0 Å². The number of hydrogen-bond donors (Lipinski definition) is 2. The number of amides is 1. The molecule has 1 unspecified atom stereocenters. The molecule has 1 atom stereocenters. The molecule has 1 heterocycles. The zero-order chi connectivity index (χ0) is 13.0. The third kappa shape index (κ3) is 3.87. The van der Waals surface area contributed by atoms with E-state index in [4.69, 9.17) is 10.8 Å². The Morgan fingerprint density at radius 1 is 1.65 bits per heavy atom. The molecule has 1 aromatic rings. The fraction of sp³-hybridized carbons (Fsp3) is 0.500. The number of nitrogens with zero attached hydrogens (tertiary/aromatic N) is 3. The molecule has 0 radical (unpaired) electrons. The van der Waals surface area contributed by atoms with Gasteiger partial charge in [-0.2, -0.15) is 5.10 Å². The molecule has 7 heteroatoms. The quantitative estimate of drug-likeness (QED) is 0.700. The highest BCUT2D eigenvalue weighted by Crippen LogP contribution is 2.03. The molecule has 1 rings (SSSR count). The molecule has 7 nitrogen and oxygen atoms in total. The number of likely N-dealkylation sites (N-methyl/N-ethyl adjacent to an activating group) is 1. The Bertz CT molecular complexity index is 415. The number of rotatable bonds is 5. The Hall–Kier alpha value is -1.89. The summed E-state index contributed by atoms with van der Waals surface area (Å²) in [5, 5.41) is 12.5. The SMILES string of the molecule is CN(Cc1cnn(C)c1)C(=O)C(N)CC(=O)O. The van der Waals surface area contributed by atoms with Crippen molar-refractivity contribution in [1.82, 2.24) is 14.7 Å². The molecule has 3 N–H and O–H groups in total. The molecule has 0 aliphatic carbocycles. The summed E-state index contributed by atoms with van der Waals surface area (Å²) in [6, 6.07) is -1.01. The molecular formula is C10H16N4O3. The van der Waals surface area contributed by atoms with Gasteiger partial charge in [-0.15, -0.1) is 0 Å². The second-order valence-corrected chi connectivity index (χ2v) is 3.92. The van der Waals surface area contributed by atoms with Crippen LogP contribution in [0, 0.1) is 0 Å². The van der Waals surface area contributed by atoms with Gasteiger partial charge in [0.15, 0.2) is 0 Å². The monoisotopic (exact) mass is 240 g/mol. The van der Waals surface area contributed by atoms with Crippen LogP contribution in [0.4, 0.5) is 0 Å². The third-order valence-corrected chi connectivity index (χ3v) is 2.27. The molecule has 0 saturated carbocycles. The summed E-state index contributed by atoms with van der Waals surface area (Å²) in [5.41, 5.74) is 6.35. The number of aromatic nitrogens is 2. The molecular weight excluding hydrogens is 224 g/mol. The molecule has 1 aromatic heterocycles. The lowest BCUT2D eigenvalue weighted by molar-refractivity contribution is -0.141. The van der Waals surface area contributed by atoms with Crippen molar-refractivity contribution in [3.8, 4) is 0 Å². The average Bonchev–Trinajstić information content (AvgIpc) is 2.61. The van der Waals surface area contributed by atoms with Gasteiger partial charge in [0.2, 0.25) is 5.91 Å². The summed E-state index contributed by atoms with van der Waals surface area (Å²) in [6.45, 7) is 0.361. The lowest BCUT2D eigenvalue weighted by Crippen LogP contribution is -2.42. The Morgan fingerprint density at radius 2 is 2.29 bits per heavy atom. The van der Waals surface area contributed by atoms with E-state index in [-0.39, 0.29) is 6.42 Å². The van der Waals surface area contributed by atoms with E-state index in [9.17, 15) is 9.59 Å². The van der Waals surface area contributed by atoms with Gasteiger partial charge < -0.3 is 15.7 Å². The van der Waals surface area contributed by atoms with Crippen molar-refractivity contribution in [2.75, 3.05) is 7.05 Å². The highest BCUT2D eigenvalue weighted by Gasteiger charge is 2.20. The number of carboxylic acid groups (broad SMARTS) is 1. The first-order valence-corrected chi connectivity index (χ1v) is 5.10. The number of hydrogen-bond acceptors (Lipinski definition) is 4. The van der Waals surface area contributed by atoms with Gasteiger partial charge in [0.1, 0.15) is 0 Å². The Labute approximate surface area is 98.8 Å². The minimum absolute atomic E-state index is 0.361. The van der Waals surface area contributed by atoms with Gasteiger partial charge in [-0.25, -0.2) is 0 Å². The van der Waals surface area contributed by atoms with Crippen molar-refractivity contribution in [3.63, 3.8) is 0 Å². The number of carbonyl (C=O) groups excluding carboxylic acids is 1. The van der Waals surface area contributed by atoms with E-state index in [0.717, 1.165) is 5.56 Å². The topological polar surface area (TPSA) is 101 Å². The third-order valence-electron chi connectivity index (χ3n) is 2.27. The normalized spacial score (nSPS) is 12.2. The second-order valence-electron chi connectivity index (χ2n) is 3.92. The van der Waals surface area contributed by atoms with Gasteiger partial charge in [-0.3, -0.25) is 14.3 Å². The first kappa shape index (κ1) is 13.2. The smallest absolute Gasteiger partial charge is 0.305 e. The van der Waals surface area contributed by atoms with Crippen LogP contribution in [-0.2, 0) is 23.2 Å². The molecule has 94 valence electrons. The summed E-state index contributed by atoms with van der Waals surface area (Å²) in [6.07, 6.45) is 3.06. The highest BCUT2D eigenvalue weighted by atomic mass is 16.4. The fourth-order valence-corrected chi connectivity index (χ4v) is 1.46. The maximum absolute atomic E-state index is 11.7. The standard InChI is InChI=1S/C10H16N4O3/c1-13(5-7-4-12-14(2)6-7)10(17)8(11)3-9(15)16/h4,6,8H,3,5,11H2,1-2H3,(H,15,16). The highest BCUT2D eigenvalue weighted by molar-refractivity contribution is 5.85.